The van der Waals surface area contributed by atoms with E-state index in [1.165, 1.54) is 6.07 Å². The summed E-state index contributed by atoms with van der Waals surface area (Å²) in [5, 5.41) is 17.7. The first-order valence-corrected chi connectivity index (χ1v) is 5.78. The molecule has 0 aliphatic rings. The fraction of sp³-hybridized carbons (Fsp3) is 0.0667. The Labute approximate surface area is 121 Å². The van der Waals surface area contributed by atoms with Gasteiger partial charge in [-0.25, -0.2) is 8.78 Å². The van der Waals surface area contributed by atoms with E-state index in [1.807, 2.05) is 0 Å². The Morgan fingerprint density at radius 2 is 1.50 bits per heavy atom. The third-order valence-corrected chi connectivity index (χ3v) is 2.93. The molecule has 0 amide bonds. The summed E-state index contributed by atoms with van der Waals surface area (Å²) >= 11 is 0. The van der Waals surface area contributed by atoms with Gasteiger partial charge in [0.1, 0.15) is 6.07 Å². The van der Waals surface area contributed by atoms with E-state index in [2.05, 4.69) is 0 Å². The van der Waals surface area contributed by atoms with E-state index in [4.69, 9.17) is 10.5 Å². The summed E-state index contributed by atoms with van der Waals surface area (Å²) in [6.07, 6.45) is -4.63. The quantitative estimate of drug-likeness (QED) is 0.733. The van der Waals surface area contributed by atoms with Gasteiger partial charge in [-0.2, -0.15) is 23.7 Å². The monoisotopic (exact) mass is 308 g/mol. The first kappa shape index (κ1) is 15.5. The van der Waals surface area contributed by atoms with E-state index < -0.39 is 28.9 Å². The minimum absolute atomic E-state index is 0.0223. The molecule has 7 heteroatoms. The average Bonchev–Trinajstić information content (AvgIpc) is 2.48. The first-order chi connectivity index (χ1) is 10.3. The first-order valence-electron chi connectivity index (χ1n) is 5.78. The Bertz CT molecular complexity index is 826. The second-order valence-corrected chi connectivity index (χ2v) is 4.30. The van der Waals surface area contributed by atoms with Crippen LogP contribution in [0.15, 0.2) is 30.3 Å². The topological polar surface area (TPSA) is 47.6 Å². The van der Waals surface area contributed by atoms with Crippen LogP contribution in [0.2, 0.25) is 0 Å². The van der Waals surface area contributed by atoms with Gasteiger partial charge >= 0.3 is 6.18 Å². The van der Waals surface area contributed by atoms with Crippen LogP contribution >= 0.6 is 0 Å². The third kappa shape index (κ3) is 2.75. The fourth-order valence-corrected chi connectivity index (χ4v) is 1.89. The molecule has 0 unspecified atom stereocenters. The second-order valence-electron chi connectivity index (χ2n) is 4.30. The lowest BCUT2D eigenvalue weighted by Crippen LogP contribution is -2.05. The molecular formula is C15H5F5N2. The zero-order valence-corrected chi connectivity index (χ0v) is 10.7. The van der Waals surface area contributed by atoms with Gasteiger partial charge in [0.2, 0.25) is 0 Å². The smallest absolute Gasteiger partial charge is 0.204 e. The summed E-state index contributed by atoms with van der Waals surface area (Å²) in [6.45, 7) is 0. The van der Waals surface area contributed by atoms with E-state index in [1.54, 1.807) is 6.07 Å². The molecule has 2 aromatic rings. The number of hydrogen-bond acceptors (Lipinski definition) is 2. The third-order valence-electron chi connectivity index (χ3n) is 2.93. The highest BCUT2D eigenvalue weighted by atomic mass is 19.4. The maximum absolute atomic E-state index is 13.4. The lowest BCUT2D eigenvalue weighted by Gasteiger charge is -2.10. The standard InChI is InChI=1S/C15H5F5N2/c16-13-5-8(3-10(7-22)14(13)17)12-2-1-11(15(18,19)20)4-9(12)6-21/h1-5H. The maximum atomic E-state index is 13.4. The number of nitrogens with zero attached hydrogens (tertiary/aromatic N) is 2. The summed E-state index contributed by atoms with van der Waals surface area (Å²) < 4.78 is 64.6. The van der Waals surface area contributed by atoms with Crippen molar-refractivity contribution in [1.29, 1.82) is 10.5 Å². The summed E-state index contributed by atoms with van der Waals surface area (Å²) in [6, 6.07) is 7.04. The Balaban J connectivity index is 2.67. The Morgan fingerprint density at radius 1 is 0.864 bits per heavy atom. The molecule has 0 radical (unpaired) electrons. The Kier molecular flexibility index (Phi) is 3.83. The molecule has 110 valence electrons. The predicted molar refractivity (Wildman–Crippen MR) is 66.2 cm³/mol. The number of benzene rings is 2. The summed E-state index contributed by atoms with van der Waals surface area (Å²) in [5.74, 6) is -2.67. The van der Waals surface area contributed by atoms with Crippen molar-refractivity contribution < 1.29 is 22.0 Å². The molecule has 0 bridgehead atoms. The second kappa shape index (κ2) is 5.45. The molecule has 0 aromatic heterocycles. The molecule has 2 aromatic carbocycles. The maximum Gasteiger partial charge on any atom is 0.416 e. The van der Waals surface area contributed by atoms with Crippen LogP contribution < -0.4 is 0 Å². The number of alkyl halides is 3. The molecule has 0 aliphatic heterocycles. The van der Waals surface area contributed by atoms with Crippen molar-refractivity contribution in [2.75, 3.05) is 0 Å². The Hall–Kier alpha value is -2.93. The van der Waals surface area contributed by atoms with Crippen LogP contribution in [-0.2, 0) is 6.18 Å². The Morgan fingerprint density at radius 3 is 2.05 bits per heavy atom. The predicted octanol–water partition coefficient (Wildman–Crippen LogP) is 4.39. The van der Waals surface area contributed by atoms with Gasteiger partial charge in [0.05, 0.1) is 22.8 Å². The fourth-order valence-electron chi connectivity index (χ4n) is 1.89. The van der Waals surface area contributed by atoms with Crippen molar-refractivity contribution in [2.45, 2.75) is 6.18 Å². The van der Waals surface area contributed by atoms with E-state index in [9.17, 15) is 22.0 Å². The highest BCUT2D eigenvalue weighted by molar-refractivity contribution is 5.72. The molecule has 2 rings (SSSR count). The van der Waals surface area contributed by atoms with Crippen LogP contribution in [0.4, 0.5) is 22.0 Å². The van der Waals surface area contributed by atoms with E-state index >= 15 is 0 Å². The molecular weight excluding hydrogens is 303 g/mol. The van der Waals surface area contributed by atoms with E-state index in [-0.39, 0.29) is 16.7 Å². The minimum atomic E-state index is -4.63. The molecule has 0 saturated heterocycles. The van der Waals surface area contributed by atoms with Gasteiger partial charge in [-0.1, -0.05) is 6.07 Å². The van der Waals surface area contributed by atoms with E-state index in [0.717, 1.165) is 24.3 Å². The molecule has 0 heterocycles. The van der Waals surface area contributed by atoms with Crippen molar-refractivity contribution in [2.24, 2.45) is 0 Å². The normalized spacial score (nSPS) is 10.9. The van der Waals surface area contributed by atoms with Crippen molar-refractivity contribution >= 4 is 0 Å². The van der Waals surface area contributed by atoms with Gasteiger partial charge in [0.25, 0.3) is 0 Å². The molecule has 0 fully saturated rings. The van der Waals surface area contributed by atoms with E-state index in [0.29, 0.717) is 6.07 Å². The zero-order chi connectivity index (χ0) is 16.5. The highest BCUT2D eigenvalue weighted by Gasteiger charge is 2.31. The number of nitriles is 2. The molecule has 0 aliphatic carbocycles. The van der Waals surface area contributed by atoms with Crippen LogP contribution in [0.3, 0.4) is 0 Å². The number of halogens is 5. The molecule has 0 N–H and O–H groups in total. The lowest BCUT2D eigenvalue weighted by molar-refractivity contribution is -0.137. The molecule has 22 heavy (non-hydrogen) atoms. The number of rotatable bonds is 1. The lowest BCUT2D eigenvalue weighted by atomic mass is 9.96. The summed E-state index contributed by atoms with van der Waals surface area (Å²) in [5.41, 5.74) is -2.06. The SMILES string of the molecule is N#Cc1cc(C(F)(F)F)ccc1-c1cc(F)c(F)c(C#N)c1. The van der Waals surface area contributed by atoms with Crippen LogP contribution in [0.25, 0.3) is 11.1 Å². The molecule has 0 saturated carbocycles. The van der Waals surface area contributed by atoms with Gasteiger partial charge in [0.15, 0.2) is 11.6 Å². The van der Waals surface area contributed by atoms with Crippen LogP contribution in [-0.4, -0.2) is 0 Å². The van der Waals surface area contributed by atoms with Gasteiger partial charge in [-0.15, -0.1) is 0 Å². The molecule has 0 atom stereocenters. The van der Waals surface area contributed by atoms with Crippen LogP contribution in [0, 0.1) is 34.3 Å². The van der Waals surface area contributed by atoms with Gasteiger partial charge < -0.3 is 0 Å². The summed E-state index contributed by atoms with van der Waals surface area (Å²) in [7, 11) is 0. The van der Waals surface area contributed by atoms with Crippen molar-refractivity contribution in [3.8, 4) is 23.3 Å². The highest BCUT2D eigenvalue weighted by Crippen LogP contribution is 2.34. The van der Waals surface area contributed by atoms with Crippen LogP contribution in [0.5, 0.6) is 0 Å². The van der Waals surface area contributed by atoms with Crippen molar-refractivity contribution in [1.82, 2.24) is 0 Å². The summed E-state index contributed by atoms with van der Waals surface area (Å²) in [4.78, 5) is 0. The van der Waals surface area contributed by atoms with Crippen molar-refractivity contribution in [3.05, 3.63) is 58.7 Å². The van der Waals surface area contributed by atoms with Gasteiger partial charge in [0, 0.05) is 0 Å². The molecule has 2 nitrogen and oxygen atoms in total. The largest absolute Gasteiger partial charge is 0.416 e. The molecule has 0 spiro atoms. The van der Waals surface area contributed by atoms with Gasteiger partial charge in [-0.05, 0) is 35.4 Å². The average molecular weight is 308 g/mol. The van der Waals surface area contributed by atoms with Crippen molar-refractivity contribution in [3.63, 3.8) is 0 Å². The zero-order valence-electron chi connectivity index (χ0n) is 10.7. The minimum Gasteiger partial charge on any atom is -0.204 e. The van der Waals surface area contributed by atoms with Crippen LogP contribution in [0.1, 0.15) is 16.7 Å². The van der Waals surface area contributed by atoms with Gasteiger partial charge in [-0.3, -0.25) is 0 Å². The number of hydrogen-bond donors (Lipinski definition) is 0.